The van der Waals surface area contributed by atoms with Gasteiger partial charge in [0.05, 0.1) is 33.8 Å². The van der Waals surface area contributed by atoms with Crippen molar-refractivity contribution in [3.8, 4) is 0 Å². The highest BCUT2D eigenvalue weighted by Gasteiger charge is 2.27. The smallest absolute Gasteiger partial charge is 0.306 e. The van der Waals surface area contributed by atoms with Crippen molar-refractivity contribution in [2.24, 2.45) is 0 Å². The highest BCUT2D eigenvalue weighted by Crippen LogP contribution is 2.38. The van der Waals surface area contributed by atoms with Crippen LogP contribution in [-0.4, -0.2) is 69.4 Å². The van der Waals surface area contributed by atoms with E-state index in [1.165, 1.54) is 89.9 Å². The summed E-state index contributed by atoms with van der Waals surface area (Å²) in [7, 11) is 1.10. The molecular weight excluding hydrogens is 892 g/mol. The summed E-state index contributed by atoms with van der Waals surface area (Å²) in [4.78, 5) is 39.7. The molecule has 0 spiro atoms. The Hall–Kier alpha value is -3.33. The van der Waals surface area contributed by atoms with Gasteiger partial charge in [-0.25, -0.2) is 0 Å². The van der Waals surface area contributed by atoms with E-state index in [4.69, 9.17) is 13.8 Å². The topological polar surface area (TPSA) is 114 Å². The minimum atomic E-state index is -4.73. The van der Waals surface area contributed by atoms with Gasteiger partial charge in [0.15, 0.2) is 0 Å². The van der Waals surface area contributed by atoms with Gasteiger partial charge >= 0.3 is 5.97 Å². The lowest BCUT2D eigenvalue weighted by molar-refractivity contribution is -0.870. The predicted octanol–water partition coefficient (Wildman–Crippen LogP) is 16.0. The number of nitrogens with zero attached hydrogens (tertiary/aromatic N) is 1. The van der Waals surface area contributed by atoms with Crippen LogP contribution in [0.4, 0.5) is 0 Å². The van der Waals surface area contributed by atoms with Crippen molar-refractivity contribution >= 4 is 19.7 Å². The number of hydrogen-bond acceptors (Lipinski definition) is 7. The van der Waals surface area contributed by atoms with Gasteiger partial charge in [0, 0.05) is 12.8 Å². The summed E-state index contributed by atoms with van der Waals surface area (Å²) in [6.45, 7) is 6.59. The van der Waals surface area contributed by atoms with E-state index in [1.807, 2.05) is 45.4 Å². The van der Waals surface area contributed by atoms with Gasteiger partial charge in [0.25, 0.3) is 7.82 Å². The summed E-state index contributed by atoms with van der Waals surface area (Å²) in [6.07, 6.45) is 66.6. The summed E-state index contributed by atoms with van der Waals surface area (Å²) in [5, 5.41) is 2.95. The van der Waals surface area contributed by atoms with E-state index in [9.17, 15) is 19.0 Å². The zero-order valence-corrected chi connectivity index (χ0v) is 46.3. The van der Waals surface area contributed by atoms with E-state index >= 15 is 0 Å². The molecule has 10 heteroatoms. The number of esters is 1. The SMILES string of the molecule is CC/C=C\C/C=C\C/C=C\C/C=C\C/C=C\C/C=C\CCC(=O)OC(/C=C\CCCCCCCCCCCC)C(COP(=O)([O-])OCC[N+](C)(C)C)NC(=O)CC/C=C/C/C=C\CCCCCCCC. The number of quaternary nitrogens is 1. The highest BCUT2D eigenvalue weighted by molar-refractivity contribution is 7.45. The molecule has 3 unspecified atom stereocenters. The molecule has 0 rings (SSSR count). The van der Waals surface area contributed by atoms with Gasteiger partial charge in [0.2, 0.25) is 5.91 Å². The fourth-order valence-electron chi connectivity index (χ4n) is 7.18. The van der Waals surface area contributed by atoms with E-state index in [2.05, 4.69) is 105 Å². The van der Waals surface area contributed by atoms with Crippen LogP contribution in [0.15, 0.2) is 109 Å². The second-order valence-electron chi connectivity index (χ2n) is 19.3. The lowest BCUT2D eigenvalue weighted by atomic mass is 10.1. The average molecular weight is 995 g/mol. The zero-order valence-electron chi connectivity index (χ0n) is 45.4. The first-order valence-corrected chi connectivity index (χ1v) is 29.2. The lowest BCUT2D eigenvalue weighted by Gasteiger charge is -2.30. The number of phosphoric acid groups is 1. The van der Waals surface area contributed by atoms with Gasteiger partial charge in [-0.15, -0.1) is 0 Å². The van der Waals surface area contributed by atoms with E-state index in [-0.39, 0.29) is 25.4 Å². The van der Waals surface area contributed by atoms with Crippen molar-refractivity contribution in [2.45, 2.75) is 219 Å². The van der Waals surface area contributed by atoms with E-state index in [0.29, 0.717) is 23.9 Å². The molecule has 0 heterocycles. The zero-order chi connectivity index (χ0) is 51.5. The first-order chi connectivity index (χ1) is 33.9. The molecule has 0 aromatic heterocycles. The number of unbranched alkanes of at least 4 members (excludes halogenated alkanes) is 16. The summed E-state index contributed by atoms with van der Waals surface area (Å²) >= 11 is 0. The number of ether oxygens (including phenoxy) is 1. The molecule has 0 bridgehead atoms. The van der Waals surface area contributed by atoms with Crippen LogP contribution in [-0.2, 0) is 27.9 Å². The number of carbonyl (C=O) groups excluding carboxylic acids is 2. The van der Waals surface area contributed by atoms with E-state index in [1.54, 1.807) is 6.08 Å². The fourth-order valence-corrected chi connectivity index (χ4v) is 7.91. The van der Waals surface area contributed by atoms with Crippen molar-refractivity contribution in [2.75, 3.05) is 40.9 Å². The molecule has 3 atom stereocenters. The third-order valence-electron chi connectivity index (χ3n) is 11.5. The summed E-state index contributed by atoms with van der Waals surface area (Å²) in [6, 6.07) is -0.954. The second kappa shape index (κ2) is 49.3. The van der Waals surface area contributed by atoms with E-state index in [0.717, 1.165) is 70.6 Å². The minimum Gasteiger partial charge on any atom is -0.756 e. The quantitative estimate of drug-likeness (QED) is 0.0212. The minimum absolute atomic E-state index is 0.0480. The molecular formula is C60H103N2O7P. The standard InChI is InChI=1S/C60H103N2O7P/c1-7-10-13-16-19-22-25-28-29-30-31-32-33-35-38-41-44-47-50-53-60(64)69-58(51-48-45-42-39-36-27-24-21-18-15-12-9-3)57(56-68-70(65,66)67-55-54-62(4,5)6)61-59(63)52-49-46-43-40-37-34-26-23-20-17-14-11-8-2/h10,13,19,22,28-29,31-32,34-35,37-38,43-44,46-48,51,57-58H,7-9,11-12,14-18,20-21,23-27,30,33,36,39-42,45,49-50,52-56H2,1-6H3,(H-,61,63,65,66)/b13-10-,22-19-,29-28-,32-31-,37-34-,38-35-,46-43+,47-44-,51-48-. The van der Waals surface area contributed by atoms with Crippen molar-refractivity contribution < 1.29 is 37.3 Å². The van der Waals surface area contributed by atoms with Gasteiger partial charge in [0.1, 0.15) is 19.3 Å². The molecule has 0 aliphatic heterocycles. The molecule has 0 saturated heterocycles. The molecule has 400 valence electrons. The van der Waals surface area contributed by atoms with Crippen molar-refractivity contribution in [3.05, 3.63) is 109 Å². The van der Waals surface area contributed by atoms with E-state index < -0.39 is 32.5 Å². The number of hydrogen-bond donors (Lipinski definition) is 1. The fraction of sp³-hybridized carbons (Fsp3) is 0.667. The molecule has 0 aliphatic rings. The number of carbonyl (C=O) groups is 2. The van der Waals surface area contributed by atoms with Crippen molar-refractivity contribution in [1.29, 1.82) is 0 Å². The third-order valence-corrected chi connectivity index (χ3v) is 12.4. The van der Waals surface area contributed by atoms with Gasteiger partial charge in [-0.05, 0) is 89.5 Å². The number of amides is 1. The Morgan fingerprint density at radius 1 is 0.514 bits per heavy atom. The van der Waals surface area contributed by atoms with Crippen LogP contribution in [0.25, 0.3) is 0 Å². The Balaban J connectivity index is 5.57. The Kier molecular flexibility index (Phi) is 46.9. The normalized spacial score (nSPS) is 14.7. The summed E-state index contributed by atoms with van der Waals surface area (Å²) < 4.78 is 30.0. The second-order valence-corrected chi connectivity index (χ2v) is 20.8. The highest BCUT2D eigenvalue weighted by atomic mass is 31.2. The van der Waals surface area contributed by atoms with Gasteiger partial charge < -0.3 is 28.5 Å². The molecule has 9 nitrogen and oxygen atoms in total. The van der Waals surface area contributed by atoms with Crippen LogP contribution in [0.1, 0.15) is 207 Å². The van der Waals surface area contributed by atoms with Gasteiger partial charge in [-0.2, -0.15) is 0 Å². The number of allylic oxidation sites excluding steroid dienone is 17. The molecule has 0 saturated carbocycles. The summed E-state index contributed by atoms with van der Waals surface area (Å²) in [5.74, 6) is -0.727. The molecule has 0 aromatic rings. The van der Waals surface area contributed by atoms with Crippen LogP contribution >= 0.6 is 7.82 Å². The molecule has 0 aromatic carbocycles. The molecule has 1 N–H and O–H groups in total. The maximum absolute atomic E-state index is 13.4. The average Bonchev–Trinajstić information content (AvgIpc) is 3.32. The molecule has 1 amide bonds. The third kappa shape index (κ3) is 49.6. The molecule has 0 fully saturated rings. The first-order valence-electron chi connectivity index (χ1n) is 27.7. The van der Waals surface area contributed by atoms with Crippen LogP contribution in [0.3, 0.4) is 0 Å². The monoisotopic (exact) mass is 995 g/mol. The lowest BCUT2D eigenvalue weighted by Crippen LogP contribution is -2.47. The van der Waals surface area contributed by atoms with Gasteiger partial charge in [-0.3, -0.25) is 14.2 Å². The van der Waals surface area contributed by atoms with Crippen LogP contribution in [0.2, 0.25) is 0 Å². The van der Waals surface area contributed by atoms with Crippen molar-refractivity contribution in [3.63, 3.8) is 0 Å². The summed E-state index contributed by atoms with van der Waals surface area (Å²) in [5.41, 5.74) is 0. The first kappa shape index (κ1) is 66.7. The Morgan fingerprint density at radius 3 is 1.37 bits per heavy atom. The Labute approximate surface area is 430 Å². The maximum Gasteiger partial charge on any atom is 0.306 e. The van der Waals surface area contributed by atoms with Gasteiger partial charge in [-0.1, -0.05) is 214 Å². The number of nitrogens with one attached hydrogen (secondary N) is 1. The molecule has 0 aliphatic carbocycles. The largest absolute Gasteiger partial charge is 0.756 e. The van der Waals surface area contributed by atoms with Crippen LogP contribution in [0, 0.1) is 0 Å². The Morgan fingerprint density at radius 2 is 0.914 bits per heavy atom. The van der Waals surface area contributed by atoms with Crippen LogP contribution in [0.5, 0.6) is 0 Å². The Bertz CT molecular complexity index is 1570. The predicted molar refractivity (Wildman–Crippen MR) is 297 cm³/mol. The number of rotatable bonds is 48. The number of phosphoric ester groups is 1. The molecule has 0 radical (unpaired) electrons. The van der Waals surface area contributed by atoms with Crippen LogP contribution < -0.4 is 10.2 Å². The maximum atomic E-state index is 13.4. The molecule has 70 heavy (non-hydrogen) atoms. The van der Waals surface area contributed by atoms with Crippen molar-refractivity contribution in [1.82, 2.24) is 5.32 Å². The number of likely N-dealkylation sites (N-methyl/N-ethyl adjacent to an activating group) is 1.